The van der Waals surface area contributed by atoms with Crippen molar-refractivity contribution >= 4 is 6.21 Å². The van der Waals surface area contributed by atoms with Gasteiger partial charge in [0.05, 0.1) is 6.21 Å². The average Bonchev–Trinajstić information content (AvgIpc) is 2.34. The highest BCUT2D eigenvalue weighted by molar-refractivity contribution is 5.72. The van der Waals surface area contributed by atoms with Crippen molar-refractivity contribution in [1.29, 1.82) is 5.41 Å². The first-order valence-electron chi connectivity index (χ1n) is 2.43. The molecule has 0 saturated carbocycles. The lowest BCUT2D eigenvalue weighted by Crippen LogP contribution is -1.67. The van der Waals surface area contributed by atoms with Crippen molar-refractivity contribution in [2.45, 2.75) is 0 Å². The summed E-state index contributed by atoms with van der Waals surface area (Å²) in [6, 6.07) is 3.31. The number of hydrogen-bond donors (Lipinski definition) is 1. The second kappa shape index (κ2) is 2.19. The number of hydrogen-bond acceptors (Lipinski definition) is 2. The molecule has 0 saturated heterocycles. The molecule has 0 unspecified atom stereocenters. The zero-order valence-electron chi connectivity index (χ0n) is 4.72. The van der Waals surface area contributed by atoms with Crippen LogP contribution in [-0.2, 0) is 0 Å². The van der Waals surface area contributed by atoms with E-state index in [1.54, 1.807) is 12.1 Å². The molecule has 0 fully saturated rings. The van der Waals surface area contributed by atoms with E-state index in [1.165, 1.54) is 0 Å². The maximum Gasteiger partial charge on any atom is 0.177 e. The van der Waals surface area contributed by atoms with E-state index in [2.05, 4.69) is 5.92 Å². The van der Waals surface area contributed by atoms with Crippen molar-refractivity contribution < 1.29 is 4.42 Å². The van der Waals surface area contributed by atoms with Crippen LogP contribution in [0.25, 0.3) is 0 Å². The number of furan rings is 1. The van der Waals surface area contributed by atoms with Gasteiger partial charge in [0, 0.05) is 0 Å². The summed E-state index contributed by atoms with van der Waals surface area (Å²) in [5, 5.41) is 6.74. The number of terminal acetylenes is 1. The second-order valence-electron chi connectivity index (χ2n) is 1.49. The minimum absolute atomic E-state index is 0.466. The molecule has 2 nitrogen and oxygen atoms in total. The highest BCUT2D eigenvalue weighted by Crippen LogP contribution is 2.02. The van der Waals surface area contributed by atoms with E-state index < -0.39 is 0 Å². The summed E-state index contributed by atoms with van der Waals surface area (Å²) < 4.78 is 4.90. The van der Waals surface area contributed by atoms with Crippen molar-refractivity contribution in [3.8, 4) is 12.3 Å². The van der Waals surface area contributed by atoms with Gasteiger partial charge in [-0.3, -0.25) is 0 Å². The quantitative estimate of drug-likeness (QED) is 0.438. The van der Waals surface area contributed by atoms with Gasteiger partial charge in [-0.05, 0) is 18.1 Å². The van der Waals surface area contributed by atoms with E-state index in [-0.39, 0.29) is 0 Å². The first-order chi connectivity index (χ1) is 4.36. The van der Waals surface area contributed by atoms with Crippen molar-refractivity contribution in [3.63, 3.8) is 0 Å². The number of nitrogens with one attached hydrogen (secondary N) is 1. The highest BCUT2D eigenvalue weighted by Gasteiger charge is 1.92. The third kappa shape index (κ3) is 1.000. The topological polar surface area (TPSA) is 37.0 Å². The van der Waals surface area contributed by atoms with Crippen LogP contribution in [0.5, 0.6) is 0 Å². The molecule has 44 valence electrons. The molecule has 1 rings (SSSR count). The standard InChI is InChI=1S/C7H5NO/c1-2-6-3-4-7(5-8)9-6/h1,3-5,8H. The predicted octanol–water partition coefficient (Wildman–Crippen LogP) is 1.26. The molecule has 0 aliphatic heterocycles. The Labute approximate surface area is 53.0 Å². The zero-order valence-corrected chi connectivity index (χ0v) is 4.72. The molecule has 0 aliphatic carbocycles. The van der Waals surface area contributed by atoms with Gasteiger partial charge in [-0.2, -0.15) is 0 Å². The summed E-state index contributed by atoms with van der Waals surface area (Å²) >= 11 is 0. The van der Waals surface area contributed by atoms with E-state index in [1.807, 2.05) is 0 Å². The normalized spacial score (nSPS) is 8.33. The lowest BCUT2D eigenvalue weighted by atomic mass is 10.4. The second-order valence-corrected chi connectivity index (χ2v) is 1.49. The molecule has 2 heteroatoms. The molecule has 0 aromatic carbocycles. The summed E-state index contributed by atoms with van der Waals surface area (Å²) in [6.45, 7) is 0. The van der Waals surface area contributed by atoms with Gasteiger partial charge in [-0.15, -0.1) is 6.42 Å². The average molecular weight is 119 g/mol. The van der Waals surface area contributed by atoms with Crippen LogP contribution in [0.3, 0.4) is 0 Å². The molecule has 0 aliphatic rings. The smallest absolute Gasteiger partial charge is 0.177 e. The van der Waals surface area contributed by atoms with Crippen molar-refractivity contribution in [3.05, 3.63) is 23.7 Å². The van der Waals surface area contributed by atoms with E-state index in [0.29, 0.717) is 11.5 Å². The Morgan fingerprint density at radius 3 is 2.78 bits per heavy atom. The van der Waals surface area contributed by atoms with Crippen LogP contribution in [0.1, 0.15) is 11.5 Å². The Morgan fingerprint density at radius 1 is 1.67 bits per heavy atom. The molecule has 0 atom stereocenters. The monoisotopic (exact) mass is 119 g/mol. The molecule has 1 aromatic rings. The predicted molar refractivity (Wildman–Crippen MR) is 34.5 cm³/mol. The molecule has 1 N–H and O–H groups in total. The first kappa shape index (κ1) is 5.64. The van der Waals surface area contributed by atoms with Crippen LogP contribution >= 0.6 is 0 Å². The third-order valence-corrected chi connectivity index (χ3v) is 0.911. The Bertz CT molecular complexity index is 254. The van der Waals surface area contributed by atoms with Crippen LogP contribution in [0.15, 0.2) is 16.5 Å². The van der Waals surface area contributed by atoms with E-state index in [4.69, 9.17) is 16.2 Å². The number of rotatable bonds is 1. The summed E-state index contributed by atoms with van der Waals surface area (Å²) in [6.07, 6.45) is 6.11. The Hall–Kier alpha value is -1.49. The minimum atomic E-state index is 0.466. The summed E-state index contributed by atoms with van der Waals surface area (Å²) in [4.78, 5) is 0. The van der Waals surface area contributed by atoms with Crippen LogP contribution in [0.2, 0.25) is 0 Å². The summed E-state index contributed by atoms with van der Waals surface area (Å²) in [7, 11) is 0. The largest absolute Gasteiger partial charge is 0.447 e. The Balaban J connectivity index is 3.03. The van der Waals surface area contributed by atoms with Crippen molar-refractivity contribution in [1.82, 2.24) is 0 Å². The van der Waals surface area contributed by atoms with E-state index >= 15 is 0 Å². The molecule has 0 spiro atoms. The molecule has 0 radical (unpaired) electrons. The molecule has 0 amide bonds. The Morgan fingerprint density at radius 2 is 2.44 bits per heavy atom. The first-order valence-corrected chi connectivity index (χ1v) is 2.43. The molecular weight excluding hydrogens is 114 g/mol. The van der Waals surface area contributed by atoms with Gasteiger partial charge in [0.1, 0.15) is 5.76 Å². The molecule has 1 aromatic heterocycles. The van der Waals surface area contributed by atoms with Gasteiger partial charge in [-0.25, -0.2) is 0 Å². The van der Waals surface area contributed by atoms with Gasteiger partial charge in [0.2, 0.25) is 0 Å². The van der Waals surface area contributed by atoms with Crippen LogP contribution in [-0.4, -0.2) is 6.21 Å². The van der Waals surface area contributed by atoms with E-state index in [9.17, 15) is 0 Å². The van der Waals surface area contributed by atoms with Gasteiger partial charge < -0.3 is 9.83 Å². The van der Waals surface area contributed by atoms with Crippen molar-refractivity contribution in [2.24, 2.45) is 0 Å². The minimum Gasteiger partial charge on any atom is -0.447 e. The Kier molecular flexibility index (Phi) is 1.37. The van der Waals surface area contributed by atoms with Crippen molar-refractivity contribution in [2.75, 3.05) is 0 Å². The van der Waals surface area contributed by atoms with Crippen LogP contribution < -0.4 is 0 Å². The lowest BCUT2D eigenvalue weighted by Gasteiger charge is -1.77. The van der Waals surface area contributed by atoms with Gasteiger partial charge in [0.25, 0.3) is 0 Å². The van der Waals surface area contributed by atoms with E-state index in [0.717, 1.165) is 6.21 Å². The van der Waals surface area contributed by atoms with Crippen LogP contribution in [0.4, 0.5) is 0 Å². The third-order valence-electron chi connectivity index (χ3n) is 0.911. The fourth-order valence-electron chi connectivity index (χ4n) is 0.508. The summed E-state index contributed by atoms with van der Waals surface area (Å²) in [5.74, 6) is 3.27. The highest BCUT2D eigenvalue weighted by atomic mass is 16.3. The lowest BCUT2D eigenvalue weighted by molar-refractivity contribution is 0.547. The fourth-order valence-corrected chi connectivity index (χ4v) is 0.508. The summed E-state index contributed by atoms with van der Waals surface area (Å²) in [5.41, 5.74) is 0. The van der Waals surface area contributed by atoms with Crippen LogP contribution in [0, 0.1) is 17.8 Å². The fraction of sp³-hybridized carbons (Fsp3) is 0. The molecule has 1 heterocycles. The molecule has 0 bridgehead atoms. The SMILES string of the molecule is C#Cc1ccc(C=N)o1. The molecular formula is C7H5NO. The zero-order chi connectivity index (χ0) is 6.69. The maximum absolute atomic E-state index is 6.74. The van der Waals surface area contributed by atoms with Gasteiger partial charge >= 0.3 is 0 Å². The van der Waals surface area contributed by atoms with Gasteiger partial charge in [0.15, 0.2) is 5.76 Å². The maximum atomic E-state index is 6.74. The molecule has 9 heavy (non-hydrogen) atoms. The van der Waals surface area contributed by atoms with Gasteiger partial charge in [-0.1, -0.05) is 0 Å².